The minimum atomic E-state index is -3.56. The number of carbonyl (C=O) groups excluding carboxylic acids is 1. The van der Waals surface area contributed by atoms with Gasteiger partial charge in [-0.3, -0.25) is 9.69 Å². The summed E-state index contributed by atoms with van der Waals surface area (Å²) in [6.45, 7) is 0.945. The van der Waals surface area contributed by atoms with Gasteiger partial charge < -0.3 is 4.90 Å². The van der Waals surface area contributed by atoms with Crippen LogP contribution in [0.5, 0.6) is 0 Å². The molecule has 154 valence electrons. The zero-order chi connectivity index (χ0) is 21.0. The number of hydrogen-bond acceptors (Lipinski definition) is 6. The van der Waals surface area contributed by atoms with E-state index in [1.54, 1.807) is 24.3 Å². The van der Waals surface area contributed by atoms with E-state index in [-0.39, 0.29) is 28.8 Å². The second kappa shape index (κ2) is 8.98. The third-order valence-corrected chi connectivity index (χ3v) is 7.10. The lowest BCUT2D eigenvalue weighted by atomic mass is 10.3. The Morgan fingerprint density at radius 1 is 1.10 bits per heavy atom. The van der Waals surface area contributed by atoms with Gasteiger partial charge in [-0.05, 0) is 44.4 Å². The van der Waals surface area contributed by atoms with Gasteiger partial charge >= 0.3 is 0 Å². The second-order valence-corrected chi connectivity index (χ2v) is 9.96. The van der Waals surface area contributed by atoms with Crippen LogP contribution >= 0.6 is 11.3 Å². The summed E-state index contributed by atoms with van der Waals surface area (Å²) in [4.78, 5) is 21.0. The lowest BCUT2D eigenvalue weighted by Gasteiger charge is -2.22. The minimum absolute atomic E-state index is 0.158. The van der Waals surface area contributed by atoms with E-state index in [1.807, 2.05) is 19.0 Å². The Labute approximate surface area is 173 Å². The molecule has 0 aliphatic carbocycles. The number of sulfone groups is 1. The lowest BCUT2D eigenvalue weighted by Crippen LogP contribution is -2.37. The number of likely N-dealkylation sites (N-methyl/N-ethyl adjacent to an activating group) is 1. The number of halogens is 1. The van der Waals surface area contributed by atoms with E-state index in [0.29, 0.717) is 28.4 Å². The predicted molar refractivity (Wildman–Crippen MR) is 114 cm³/mol. The largest absolute Gasteiger partial charge is 0.308 e. The van der Waals surface area contributed by atoms with Gasteiger partial charge in [0.2, 0.25) is 5.91 Å². The highest BCUT2D eigenvalue weighted by molar-refractivity contribution is 7.91. The standard InChI is InChI=1S/C20H22FN3O3S2/c1-23(2)11-12-24(20-22-17-9-8-15(21)14-18(17)28-20)19(25)10-13-29(26,27)16-6-4-3-5-7-16/h3-9,14H,10-13H2,1-2H3. The molecule has 1 heterocycles. The van der Waals surface area contributed by atoms with Crippen LogP contribution in [-0.4, -0.2) is 57.1 Å². The Morgan fingerprint density at radius 2 is 1.83 bits per heavy atom. The molecule has 2 aromatic carbocycles. The van der Waals surface area contributed by atoms with Crippen molar-refractivity contribution in [2.45, 2.75) is 11.3 Å². The van der Waals surface area contributed by atoms with Gasteiger partial charge in [-0.15, -0.1) is 0 Å². The third kappa shape index (κ3) is 5.37. The van der Waals surface area contributed by atoms with Gasteiger partial charge in [0.05, 0.1) is 20.9 Å². The SMILES string of the molecule is CN(C)CCN(C(=O)CCS(=O)(=O)c1ccccc1)c1nc2ccc(F)cc2s1. The number of anilines is 1. The van der Waals surface area contributed by atoms with Gasteiger partial charge in [0.15, 0.2) is 15.0 Å². The zero-order valence-electron chi connectivity index (χ0n) is 16.2. The molecule has 0 spiro atoms. The summed E-state index contributed by atoms with van der Waals surface area (Å²) in [5.74, 6) is -0.980. The molecule has 1 amide bonds. The van der Waals surface area contributed by atoms with Crippen LogP contribution in [0.25, 0.3) is 10.2 Å². The van der Waals surface area contributed by atoms with Crippen LogP contribution in [-0.2, 0) is 14.6 Å². The molecule has 0 aliphatic rings. The van der Waals surface area contributed by atoms with Crippen molar-refractivity contribution in [1.82, 2.24) is 9.88 Å². The minimum Gasteiger partial charge on any atom is -0.308 e. The van der Waals surface area contributed by atoms with Gasteiger partial charge in [0.1, 0.15) is 5.82 Å². The first-order chi connectivity index (χ1) is 13.8. The molecule has 0 saturated heterocycles. The molecular weight excluding hydrogens is 413 g/mol. The number of nitrogens with zero attached hydrogens (tertiary/aromatic N) is 3. The van der Waals surface area contributed by atoms with E-state index in [4.69, 9.17) is 0 Å². The van der Waals surface area contributed by atoms with E-state index in [2.05, 4.69) is 4.98 Å². The topological polar surface area (TPSA) is 70.6 Å². The zero-order valence-corrected chi connectivity index (χ0v) is 17.8. The maximum atomic E-state index is 13.5. The highest BCUT2D eigenvalue weighted by atomic mass is 32.2. The molecule has 1 aromatic heterocycles. The number of carbonyl (C=O) groups is 1. The third-order valence-electron chi connectivity index (χ3n) is 4.33. The number of rotatable bonds is 8. The van der Waals surface area contributed by atoms with Crippen LogP contribution in [0, 0.1) is 5.82 Å². The summed E-state index contributed by atoms with van der Waals surface area (Å²) in [5.41, 5.74) is 0.603. The number of thiazole rings is 1. The number of amides is 1. The fourth-order valence-corrected chi connectivity index (χ4v) is 5.02. The molecule has 0 saturated carbocycles. The molecule has 3 aromatic rings. The first-order valence-corrected chi connectivity index (χ1v) is 11.5. The van der Waals surface area contributed by atoms with E-state index in [0.717, 1.165) is 0 Å². The summed E-state index contributed by atoms with van der Waals surface area (Å²) >= 11 is 1.22. The molecule has 6 nitrogen and oxygen atoms in total. The van der Waals surface area contributed by atoms with Crippen molar-refractivity contribution in [2.75, 3.05) is 37.8 Å². The number of benzene rings is 2. The summed E-state index contributed by atoms with van der Waals surface area (Å²) in [6.07, 6.45) is -0.158. The van der Waals surface area contributed by atoms with Crippen molar-refractivity contribution in [1.29, 1.82) is 0 Å². The van der Waals surface area contributed by atoms with E-state index >= 15 is 0 Å². The molecule has 0 atom stereocenters. The van der Waals surface area contributed by atoms with Crippen LogP contribution in [0.3, 0.4) is 0 Å². The number of fused-ring (bicyclic) bond motifs is 1. The average molecular weight is 436 g/mol. The van der Waals surface area contributed by atoms with Crippen molar-refractivity contribution in [2.24, 2.45) is 0 Å². The molecule has 0 radical (unpaired) electrons. The van der Waals surface area contributed by atoms with Crippen LogP contribution < -0.4 is 4.90 Å². The molecule has 3 rings (SSSR count). The quantitative estimate of drug-likeness (QED) is 0.543. The summed E-state index contributed by atoms with van der Waals surface area (Å²) in [6, 6.07) is 12.4. The number of aromatic nitrogens is 1. The van der Waals surface area contributed by atoms with Crippen molar-refractivity contribution in [3.63, 3.8) is 0 Å². The molecule has 0 unspecified atom stereocenters. The van der Waals surface area contributed by atoms with Crippen LogP contribution in [0.2, 0.25) is 0 Å². The molecule has 0 fully saturated rings. The monoisotopic (exact) mass is 435 g/mol. The molecule has 0 aliphatic heterocycles. The van der Waals surface area contributed by atoms with Gasteiger partial charge in [-0.25, -0.2) is 17.8 Å². The van der Waals surface area contributed by atoms with Crippen molar-refractivity contribution < 1.29 is 17.6 Å². The van der Waals surface area contributed by atoms with Crippen molar-refractivity contribution in [3.8, 4) is 0 Å². The maximum absolute atomic E-state index is 13.5. The highest BCUT2D eigenvalue weighted by Gasteiger charge is 2.23. The van der Waals surface area contributed by atoms with Gasteiger partial charge in [-0.2, -0.15) is 0 Å². The van der Waals surface area contributed by atoms with Crippen molar-refractivity contribution in [3.05, 3.63) is 54.3 Å². The van der Waals surface area contributed by atoms with Crippen LogP contribution in [0.4, 0.5) is 9.52 Å². The Hall–Kier alpha value is -2.36. The first-order valence-electron chi connectivity index (χ1n) is 9.05. The van der Waals surface area contributed by atoms with E-state index in [9.17, 15) is 17.6 Å². The van der Waals surface area contributed by atoms with E-state index < -0.39 is 9.84 Å². The molecule has 29 heavy (non-hydrogen) atoms. The molecule has 0 bridgehead atoms. The van der Waals surface area contributed by atoms with Crippen LogP contribution in [0.1, 0.15) is 6.42 Å². The second-order valence-electron chi connectivity index (χ2n) is 6.84. The summed E-state index contributed by atoms with van der Waals surface area (Å²) in [5, 5.41) is 0.439. The predicted octanol–water partition coefficient (Wildman–Crippen LogP) is 3.19. The smallest absolute Gasteiger partial charge is 0.229 e. The lowest BCUT2D eigenvalue weighted by molar-refractivity contribution is -0.118. The average Bonchev–Trinajstić information content (AvgIpc) is 3.09. The van der Waals surface area contributed by atoms with Gasteiger partial charge in [-0.1, -0.05) is 29.5 Å². The van der Waals surface area contributed by atoms with Crippen molar-refractivity contribution >= 4 is 42.4 Å². The molecular formula is C20H22FN3O3S2. The van der Waals surface area contributed by atoms with Gasteiger partial charge in [0, 0.05) is 19.5 Å². The Kier molecular flexibility index (Phi) is 6.61. The normalized spacial score (nSPS) is 11.9. The Bertz CT molecular complexity index is 1100. The Balaban J connectivity index is 1.81. The fraction of sp³-hybridized carbons (Fsp3) is 0.300. The first kappa shape index (κ1) is 21.4. The fourth-order valence-electron chi connectivity index (χ4n) is 2.73. The molecule has 0 N–H and O–H groups in total. The Morgan fingerprint density at radius 3 is 2.52 bits per heavy atom. The number of hydrogen-bond donors (Lipinski definition) is 0. The highest BCUT2D eigenvalue weighted by Crippen LogP contribution is 2.30. The molecule has 9 heteroatoms. The summed E-state index contributed by atoms with van der Waals surface area (Å²) in [7, 11) is 0.213. The van der Waals surface area contributed by atoms with Gasteiger partial charge in [0.25, 0.3) is 0 Å². The maximum Gasteiger partial charge on any atom is 0.229 e. The summed E-state index contributed by atoms with van der Waals surface area (Å²) < 4.78 is 39.1. The van der Waals surface area contributed by atoms with Crippen LogP contribution in [0.15, 0.2) is 53.4 Å². The van der Waals surface area contributed by atoms with E-state index in [1.165, 1.54) is 40.5 Å².